The molecule has 0 aliphatic carbocycles. The van der Waals surface area contributed by atoms with Gasteiger partial charge in [0.1, 0.15) is 0 Å². The van der Waals surface area contributed by atoms with Crippen LogP contribution < -0.4 is 31.4 Å². The highest BCUT2D eigenvalue weighted by Gasteiger charge is 2.46. The molecule has 6 rings (SSSR count). The molecule has 6 aromatic carbocycles. The van der Waals surface area contributed by atoms with Crippen LogP contribution in [0.5, 0.6) is 0 Å². The lowest BCUT2D eigenvalue weighted by molar-refractivity contribution is -0.145. The monoisotopic (exact) mass is 936 g/mol. The molecule has 6 aromatic rings. The summed E-state index contributed by atoms with van der Waals surface area (Å²) in [4.78, 5) is 0. The van der Waals surface area contributed by atoms with Crippen LogP contribution in [0.1, 0.15) is 66.8 Å². The lowest BCUT2D eigenvalue weighted by Crippen LogP contribution is -2.23. The largest absolute Gasteiger partial charge is 0.417 e. The van der Waals surface area contributed by atoms with Gasteiger partial charge in [-0.2, -0.15) is 52.7 Å². The summed E-state index contributed by atoms with van der Waals surface area (Å²) >= 11 is 0. The Balaban J connectivity index is 1.81. The molecule has 2 nitrogen and oxygen atoms in total. The number of alkyl halides is 12. The molecule has 0 saturated carbocycles. The van der Waals surface area contributed by atoms with Crippen molar-refractivity contribution in [2.24, 2.45) is 0 Å². The Hall–Kier alpha value is -5.06. The third kappa shape index (κ3) is 11.1. The first-order valence-corrected chi connectivity index (χ1v) is 22.3. The zero-order valence-corrected chi connectivity index (χ0v) is 37.5. The molecule has 0 radical (unpaired) electrons. The van der Waals surface area contributed by atoms with Gasteiger partial charge in [0.05, 0.1) is 38.4 Å². The Bertz CT molecular complexity index is 2360. The van der Waals surface area contributed by atoms with Crippen LogP contribution in [-0.2, 0) is 24.7 Å². The first-order chi connectivity index (χ1) is 29.5. The molecule has 0 bridgehead atoms. The summed E-state index contributed by atoms with van der Waals surface area (Å²) in [5.74, 6) is 0. The van der Waals surface area contributed by atoms with Crippen LogP contribution in [0, 0.1) is 55.4 Å². The van der Waals surface area contributed by atoms with E-state index in [0.717, 1.165) is 0 Å². The van der Waals surface area contributed by atoms with Gasteiger partial charge >= 0.3 is 24.7 Å². The van der Waals surface area contributed by atoms with Gasteiger partial charge in [0.25, 0.3) is 0 Å². The fourth-order valence-corrected chi connectivity index (χ4v) is 12.5. The average Bonchev–Trinajstić information content (AvgIpc) is 3.12. The van der Waals surface area contributed by atoms with Crippen molar-refractivity contribution in [3.05, 3.63) is 164 Å². The van der Waals surface area contributed by atoms with Crippen LogP contribution in [0.3, 0.4) is 0 Å². The normalized spacial score (nSPS) is 12.7. The van der Waals surface area contributed by atoms with Gasteiger partial charge in [0.15, 0.2) is 0 Å². The summed E-state index contributed by atoms with van der Waals surface area (Å²) < 4.78 is 182. The van der Waals surface area contributed by atoms with E-state index in [-0.39, 0.29) is 12.1 Å². The summed E-state index contributed by atoms with van der Waals surface area (Å²) in [6.07, 6.45) is -22.5. The first-order valence-electron chi connectivity index (χ1n) is 19.6. The Morgan fingerprint density at radius 3 is 0.703 bits per heavy atom. The predicted molar refractivity (Wildman–Crippen MR) is 235 cm³/mol. The third-order valence-corrected chi connectivity index (χ3v) is 14.1. The molecule has 0 aromatic heterocycles. The van der Waals surface area contributed by atoms with E-state index in [9.17, 15) is 26.3 Å². The molecule has 0 atom stereocenters. The Morgan fingerprint density at radius 1 is 0.297 bits per heavy atom. The molecule has 0 heterocycles. The van der Waals surface area contributed by atoms with Crippen LogP contribution in [0.25, 0.3) is 11.1 Å². The van der Waals surface area contributed by atoms with E-state index in [1.165, 1.54) is 0 Å². The zero-order valence-electron chi connectivity index (χ0n) is 35.7. The summed E-state index contributed by atoms with van der Waals surface area (Å²) in [6, 6.07) is 20.4. The summed E-state index contributed by atoms with van der Waals surface area (Å²) in [6.45, 7) is 13.8. The molecule has 0 unspecified atom stereocenters. The Labute approximate surface area is 365 Å². The van der Waals surface area contributed by atoms with Crippen molar-refractivity contribution < 1.29 is 52.7 Å². The maximum atomic E-state index is 15.6. The summed E-state index contributed by atoms with van der Waals surface area (Å²) in [7, 11) is -4.47. The quantitative estimate of drug-likeness (QED) is 0.111. The molecule has 0 aliphatic rings. The van der Waals surface area contributed by atoms with Crippen molar-refractivity contribution in [1.29, 1.82) is 0 Å². The van der Waals surface area contributed by atoms with Gasteiger partial charge < -0.3 is 10.2 Å². The van der Waals surface area contributed by atoms with Crippen LogP contribution in [0.2, 0.25) is 0 Å². The maximum absolute atomic E-state index is 15.6. The second kappa shape index (κ2) is 17.7. The number of hydrogen-bond acceptors (Lipinski definition) is 2. The lowest BCUT2D eigenvalue weighted by atomic mass is 9.89. The minimum Gasteiger partial charge on any atom is -0.356 e. The predicted octanol–water partition coefficient (Wildman–Crippen LogP) is 14.8. The minimum atomic E-state index is -5.77. The van der Waals surface area contributed by atoms with E-state index in [1.54, 1.807) is 128 Å². The van der Waals surface area contributed by atoms with E-state index >= 15 is 26.3 Å². The molecular weight excluding hydrogens is 894 g/mol. The van der Waals surface area contributed by atoms with Crippen LogP contribution in [0.15, 0.2) is 97.1 Å². The van der Waals surface area contributed by atoms with Gasteiger partial charge in [-0.15, -0.1) is 0 Å². The van der Waals surface area contributed by atoms with Crippen LogP contribution in [-0.4, -0.2) is 0 Å². The highest BCUT2D eigenvalue weighted by atomic mass is 31.1. The second-order valence-corrected chi connectivity index (χ2v) is 20.0. The average molecular weight is 937 g/mol. The molecule has 2 N–H and O–H groups in total. The van der Waals surface area contributed by atoms with E-state index in [2.05, 4.69) is 10.2 Å². The zero-order chi connectivity index (χ0) is 47.4. The van der Waals surface area contributed by atoms with Crippen molar-refractivity contribution in [3.8, 4) is 11.1 Å². The van der Waals surface area contributed by atoms with Crippen molar-refractivity contribution in [3.63, 3.8) is 0 Å². The fourth-order valence-electron chi connectivity index (χ4n) is 7.89. The standard InChI is InChI=1S/C48H42F12N2P2/c1-25-9-26(2)14-35(13-25)63(36-15-27(3)10-28(4)16-36)61-41-23-33(45(49,50)51)21-39(47(55,56)57)43(41)44-40(48(58,59)60)22-34(46(52,53)54)24-42(44)62-64(37-17-29(5)11-30(6)18-37)38-19-31(7)12-32(8)20-38/h9-24,61-62H,1-8H3. The number of hydrogen-bond donors (Lipinski definition) is 2. The number of benzene rings is 6. The highest BCUT2D eigenvalue weighted by Crippen LogP contribution is 2.55. The van der Waals surface area contributed by atoms with Gasteiger partial charge in [-0.1, -0.05) is 68.8 Å². The van der Waals surface area contributed by atoms with E-state index in [1.807, 2.05) is 0 Å². The molecule has 64 heavy (non-hydrogen) atoms. The van der Waals surface area contributed by atoms with Crippen LogP contribution in [0.4, 0.5) is 64.1 Å². The molecule has 338 valence electrons. The number of halogens is 12. The topological polar surface area (TPSA) is 24.1 Å². The smallest absolute Gasteiger partial charge is 0.356 e. The molecule has 0 saturated heterocycles. The van der Waals surface area contributed by atoms with Gasteiger partial charge in [0, 0.05) is 43.7 Å². The summed E-state index contributed by atoms with van der Waals surface area (Å²) in [5.41, 5.74) is -7.46. The molecule has 16 heteroatoms. The molecule has 0 spiro atoms. The Morgan fingerprint density at radius 2 is 0.516 bits per heavy atom. The number of anilines is 2. The molecule has 0 aliphatic heterocycles. The van der Waals surface area contributed by atoms with Crippen molar-refractivity contribution in [1.82, 2.24) is 0 Å². The van der Waals surface area contributed by atoms with Gasteiger partial charge in [-0.05, 0) is 128 Å². The molecular formula is C48H42F12N2P2. The van der Waals surface area contributed by atoms with E-state index in [4.69, 9.17) is 0 Å². The SMILES string of the molecule is Cc1cc(C)cc(P(Nc2cc(C(F)(F)F)cc(C(F)(F)F)c2-c2c(NP(c3cc(C)cc(C)c3)c3cc(C)cc(C)c3)cc(C(F)(F)F)cc2C(F)(F)F)c2cc(C)cc(C)c2)c1. The first kappa shape index (κ1) is 48.4. The lowest BCUT2D eigenvalue weighted by Gasteiger charge is -2.30. The third-order valence-electron chi connectivity index (χ3n) is 10.1. The number of aryl methyl sites for hydroxylation is 8. The highest BCUT2D eigenvalue weighted by molar-refractivity contribution is 7.74. The maximum Gasteiger partial charge on any atom is 0.417 e. The van der Waals surface area contributed by atoms with Gasteiger partial charge in [-0.25, -0.2) is 0 Å². The van der Waals surface area contributed by atoms with Crippen LogP contribution >= 0.6 is 16.1 Å². The van der Waals surface area contributed by atoms with E-state index < -0.39 is 85.6 Å². The Kier molecular flexibility index (Phi) is 13.4. The van der Waals surface area contributed by atoms with Crippen molar-refractivity contribution >= 4 is 48.7 Å². The van der Waals surface area contributed by atoms with Gasteiger partial charge in [0.2, 0.25) is 0 Å². The van der Waals surface area contributed by atoms with E-state index in [0.29, 0.717) is 77.9 Å². The summed E-state index contributed by atoms with van der Waals surface area (Å²) in [5, 5.41) is 7.35. The van der Waals surface area contributed by atoms with Gasteiger partial charge in [-0.3, -0.25) is 0 Å². The number of nitrogens with one attached hydrogen (secondary N) is 2. The minimum absolute atomic E-state index is 0.295. The van der Waals surface area contributed by atoms with Crippen molar-refractivity contribution in [2.75, 3.05) is 10.2 Å². The number of rotatable bonds is 9. The van der Waals surface area contributed by atoms with Crippen molar-refractivity contribution in [2.45, 2.75) is 80.1 Å². The second-order valence-electron chi connectivity index (χ2n) is 16.2. The fraction of sp³-hybridized carbons (Fsp3) is 0.250. The molecule has 0 amide bonds. The molecule has 0 fully saturated rings.